The van der Waals surface area contributed by atoms with Crippen LogP contribution in [0.2, 0.25) is 5.04 Å². The molecule has 4 rings (SSSR count). The molecule has 5 atom stereocenters. The second-order valence-electron chi connectivity index (χ2n) is 11.5. The van der Waals surface area contributed by atoms with Gasteiger partial charge in [-0.05, 0) is 27.2 Å². The maximum atomic E-state index is 12.0. The number of carbonyl (C=O) groups is 2. The fraction of sp³-hybridized carbons (Fsp3) is 0.533. The van der Waals surface area contributed by atoms with Gasteiger partial charge in [0, 0.05) is 69.2 Å². The van der Waals surface area contributed by atoms with E-state index in [1.54, 1.807) is 0 Å². The summed E-state index contributed by atoms with van der Waals surface area (Å²) in [7, 11) is -2.71. The minimum Gasteiger partial charge on any atom is -0.405 e. The Labute approximate surface area is 274 Å². The zero-order chi connectivity index (χ0) is 27.5. The van der Waals surface area contributed by atoms with Gasteiger partial charge in [-0.25, -0.2) is 0 Å². The number of hydrogen-bond donors (Lipinski definition) is 1. The van der Waals surface area contributed by atoms with Gasteiger partial charge in [0.1, 0.15) is 5.44 Å². The van der Waals surface area contributed by atoms with Crippen molar-refractivity contribution in [3.05, 3.63) is 60.7 Å². The average Bonchev–Trinajstić information content (AvgIpc) is 3.22. The quantitative estimate of drug-likeness (QED) is 0.309. The van der Waals surface area contributed by atoms with Crippen LogP contribution in [0.5, 0.6) is 0 Å². The van der Waals surface area contributed by atoms with Crippen LogP contribution in [0.25, 0.3) is 0 Å². The van der Waals surface area contributed by atoms with Crippen LogP contribution in [0.15, 0.2) is 60.7 Å². The number of rotatable bonds is 9. The topological polar surface area (TPSA) is 76.1 Å². The third-order valence-corrected chi connectivity index (χ3v) is 14.3. The maximum Gasteiger partial charge on any atom is 0.261 e. The van der Waals surface area contributed by atoms with E-state index >= 15 is 0 Å². The molecule has 2 saturated heterocycles. The minimum atomic E-state index is -2.71. The summed E-state index contributed by atoms with van der Waals surface area (Å²) >= 11 is 1.48. The summed E-state index contributed by atoms with van der Waals surface area (Å²) in [5, 5.41) is 13.3. The third-order valence-electron chi connectivity index (χ3n) is 8.18. The van der Waals surface area contributed by atoms with Gasteiger partial charge in [-0.1, -0.05) is 95.3 Å². The molecule has 0 bridgehead atoms. The average molecular weight is 783 g/mol. The van der Waals surface area contributed by atoms with Gasteiger partial charge in [0.25, 0.3) is 8.32 Å². The molecule has 2 heterocycles. The summed E-state index contributed by atoms with van der Waals surface area (Å²) in [5.41, 5.74) is -0.443. The summed E-state index contributed by atoms with van der Waals surface area (Å²) in [6, 6.07) is 21.1. The van der Waals surface area contributed by atoms with Crippen molar-refractivity contribution in [1.29, 1.82) is 0 Å². The predicted octanol–water partition coefficient (Wildman–Crippen LogP) is 3.80. The number of thioether (sulfide) groups is 1. The number of amides is 2. The Morgan fingerprint density at radius 1 is 0.949 bits per heavy atom. The molecule has 0 aromatic heterocycles. The largest absolute Gasteiger partial charge is 0.405 e. The molecular weight excluding hydrogens is 741 g/mol. The Morgan fingerprint density at radius 3 is 1.95 bits per heavy atom. The number of imide groups is 1. The van der Waals surface area contributed by atoms with Gasteiger partial charge in [-0.2, -0.15) is 0 Å². The van der Waals surface area contributed by atoms with E-state index in [1.807, 2.05) is 12.1 Å². The van der Waals surface area contributed by atoms with Crippen LogP contribution in [0.1, 0.15) is 47.5 Å². The van der Waals surface area contributed by atoms with Crippen molar-refractivity contribution in [3.63, 3.8) is 0 Å². The molecular formula is C30H41AcNO5SSi. The van der Waals surface area contributed by atoms with Crippen LogP contribution in [0.4, 0.5) is 0 Å². The molecule has 0 spiro atoms. The van der Waals surface area contributed by atoms with Crippen LogP contribution in [-0.4, -0.2) is 66.7 Å². The van der Waals surface area contributed by atoms with E-state index in [0.29, 0.717) is 31.7 Å². The molecule has 1 radical (unpaired) electrons. The molecule has 2 fully saturated rings. The van der Waals surface area contributed by atoms with E-state index in [0.717, 1.165) is 0 Å². The molecule has 0 aliphatic carbocycles. The van der Waals surface area contributed by atoms with Crippen molar-refractivity contribution >= 4 is 42.3 Å². The summed E-state index contributed by atoms with van der Waals surface area (Å²) in [6.07, 6.45) is -0.239. The van der Waals surface area contributed by atoms with Gasteiger partial charge in [-0.3, -0.25) is 14.5 Å². The molecule has 2 amide bonds. The van der Waals surface area contributed by atoms with E-state index in [4.69, 9.17) is 9.16 Å². The Kier molecular flexibility index (Phi) is 11.9. The van der Waals surface area contributed by atoms with Crippen LogP contribution >= 0.6 is 11.8 Å². The molecule has 9 heteroatoms. The fourth-order valence-electron chi connectivity index (χ4n) is 5.70. The van der Waals surface area contributed by atoms with Crippen molar-refractivity contribution in [3.8, 4) is 0 Å². The van der Waals surface area contributed by atoms with Crippen LogP contribution in [0.3, 0.4) is 0 Å². The first-order chi connectivity index (χ1) is 18.1. The van der Waals surface area contributed by atoms with Gasteiger partial charge in [-0.15, -0.1) is 11.8 Å². The third kappa shape index (κ3) is 7.10. The molecule has 0 saturated carbocycles. The molecule has 2 aliphatic rings. The number of likely N-dealkylation sites (tertiary alicyclic amines) is 1. The van der Waals surface area contributed by atoms with Crippen LogP contribution in [-0.2, 0) is 18.8 Å². The number of benzene rings is 2. The Balaban J connectivity index is 0.00000420. The zero-order valence-electron chi connectivity index (χ0n) is 23.7. The number of aliphatic hydroxyl groups excluding tert-OH is 1. The van der Waals surface area contributed by atoms with Gasteiger partial charge >= 0.3 is 0 Å². The van der Waals surface area contributed by atoms with Gasteiger partial charge in [0.05, 0.1) is 18.8 Å². The van der Waals surface area contributed by atoms with Gasteiger partial charge < -0.3 is 14.3 Å². The second-order valence-corrected chi connectivity index (χ2v) is 17.0. The van der Waals surface area contributed by atoms with Crippen LogP contribution in [0, 0.1) is 55.9 Å². The predicted molar refractivity (Wildman–Crippen MR) is 155 cm³/mol. The van der Waals surface area contributed by atoms with E-state index in [2.05, 4.69) is 83.1 Å². The van der Waals surface area contributed by atoms with Gasteiger partial charge in [0.2, 0.25) is 11.8 Å². The molecule has 1 N–H and O–H groups in total. The Bertz CT molecular complexity index is 1040. The first kappa shape index (κ1) is 33.0. The number of aliphatic hydroxyl groups is 1. The van der Waals surface area contributed by atoms with Gasteiger partial charge in [0.15, 0.2) is 0 Å². The molecule has 6 nitrogen and oxygen atoms in total. The SMILES string of the molecule is CC1C(CO[Si](c2ccccc2)(c2ccccc2)C(C)(C)C)OC(SCCN2C(=O)CCC2=O)C(O)C1C.[Ac]. The van der Waals surface area contributed by atoms with E-state index < -0.39 is 19.9 Å². The van der Waals surface area contributed by atoms with Crippen molar-refractivity contribution in [2.45, 2.75) is 70.1 Å². The minimum absolute atomic E-state index is 0. The van der Waals surface area contributed by atoms with E-state index in [-0.39, 0.29) is 78.9 Å². The van der Waals surface area contributed by atoms with Crippen molar-refractivity contribution in [1.82, 2.24) is 4.90 Å². The fourth-order valence-corrected chi connectivity index (χ4v) is 11.5. The summed E-state index contributed by atoms with van der Waals surface area (Å²) in [6.45, 7) is 11.7. The standard InChI is InChI=1S/C30H41NO5SSi.Ac/c1-21-22(2)28(34)29(37-19-18-31-26(32)16-17-27(31)33)36-25(21)20-35-38(30(3,4)5,23-12-8-6-9-13-23)24-14-10-7-11-15-24;/h6-15,21-22,25,28-29,34H,16-20H2,1-5H3;. The first-order valence-corrected chi connectivity index (χ1v) is 16.6. The van der Waals surface area contributed by atoms with Crippen LogP contribution < -0.4 is 10.4 Å². The molecule has 2 aromatic carbocycles. The summed E-state index contributed by atoms with van der Waals surface area (Å²) in [5.74, 6) is 0.423. The molecule has 39 heavy (non-hydrogen) atoms. The normalized spacial score (nSPS) is 26.0. The Morgan fingerprint density at radius 2 is 1.46 bits per heavy atom. The van der Waals surface area contributed by atoms with E-state index in [9.17, 15) is 14.7 Å². The molecule has 2 aromatic rings. The van der Waals surface area contributed by atoms with Crippen molar-refractivity contribution in [2.75, 3.05) is 18.9 Å². The van der Waals surface area contributed by atoms with E-state index in [1.165, 1.54) is 27.0 Å². The molecule has 5 unspecified atom stereocenters. The van der Waals surface area contributed by atoms with Crippen molar-refractivity contribution < 1.29 is 67.9 Å². The Hall–Kier alpha value is -0.532. The monoisotopic (exact) mass is 782 g/mol. The van der Waals surface area contributed by atoms with Crippen molar-refractivity contribution in [2.24, 2.45) is 11.8 Å². The number of carbonyl (C=O) groups excluding carboxylic acids is 2. The first-order valence-electron chi connectivity index (χ1n) is 13.6. The number of ether oxygens (including phenoxy) is 1. The number of nitrogens with zero attached hydrogens (tertiary/aromatic N) is 1. The zero-order valence-corrected chi connectivity index (χ0v) is 30.3. The smallest absolute Gasteiger partial charge is 0.261 e. The molecule has 2 aliphatic heterocycles. The maximum absolute atomic E-state index is 12.0. The second kappa shape index (κ2) is 14.1. The summed E-state index contributed by atoms with van der Waals surface area (Å²) < 4.78 is 13.6. The molecule has 209 valence electrons. The number of hydrogen-bond acceptors (Lipinski definition) is 6. The summed E-state index contributed by atoms with van der Waals surface area (Å²) in [4.78, 5) is 25.3.